The Balaban J connectivity index is 2.59. The minimum absolute atomic E-state index is 0.0871. The van der Waals surface area contributed by atoms with Gasteiger partial charge in [-0.25, -0.2) is 8.42 Å². The van der Waals surface area contributed by atoms with E-state index in [2.05, 4.69) is 0 Å². The second kappa shape index (κ2) is 7.53. The summed E-state index contributed by atoms with van der Waals surface area (Å²) >= 11 is 1.59. The Bertz CT molecular complexity index is 550. The van der Waals surface area contributed by atoms with Crippen molar-refractivity contribution in [2.45, 2.75) is 11.8 Å². The fourth-order valence-corrected chi connectivity index (χ4v) is 4.28. The van der Waals surface area contributed by atoms with Gasteiger partial charge >= 0.3 is 0 Å². The zero-order chi connectivity index (χ0) is 14.3. The second-order valence-corrected chi connectivity index (χ2v) is 7.63. The lowest BCUT2D eigenvalue weighted by Gasteiger charge is -2.08. The lowest BCUT2D eigenvalue weighted by Crippen LogP contribution is -2.14. The molecule has 0 aromatic heterocycles. The van der Waals surface area contributed by atoms with Crippen molar-refractivity contribution in [3.63, 3.8) is 0 Å². The van der Waals surface area contributed by atoms with Gasteiger partial charge in [-0.2, -0.15) is 17.0 Å². The van der Waals surface area contributed by atoms with E-state index in [0.717, 1.165) is 5.75 Å². The van der Waals surface area contributed by atoms with Crippen LogP contribution in [0.1, 0.15) is 12.5 Å². The van der Waals surface area contributed by atoms with Crippen LogP contribution >= 0.6 is 11.8 Å². The fourth-order valence-electron chi connectivity index (χ4n) is 1.40. The number of nitrogens with two attached hydrogens (primary N) is 1. The molecule has 0 aliphatic rings. The van der Waals surface area contributed by atoms with Crippen LogP contribution in [0.5, 0.6) is 0 Å². The summed E-state index contributed by atoms with van der Waals surface area (Å²) in [5.74, 6) is 1.90. The topological polar surface area (TPSA) is 84.0 Å². The molecule has 1 rings (SSSR count). The maximum atomic E-state index is 12.1. The van der Waals surface area contributed by atoms with Crippen molar-refractivity contribution >= 4 is 21.6 Å². The van der Waals surface area contributed by atoms with Gasteiger partial charge in [-0.15, -0.1) is 0 Å². The third-order valence-electron chi connectivity index (χ3n) is 2.62. The van der Waals surface area contributed by atoms with Gasteiger partial charge < -0.3 is 5.73 Å². The molecule has 0 saturated heterocycles. The number of nitrogens with zero attached hydrogens (tertiary/aromatic N) is 1. The lowest BCUT2D eigenvalue weighted by molar-refractivity contribution is 0.597. The third-order valence-corrected chi connectivity index (χ3v) is 5.89. The Labute approximate surface area is 118 Å². The first-order chi connectivity index (χ1) is 8.99. The SMILES string of the molecule is CC(CN)CSCCS(=O)(=O)c1cccc(C#N)c1. The van der Waals surface area contributed by atoms with Gasteiger partial charge in [-0.05, 0) is 36.4 Å². The summed E-state index contributed by atoms with van der Waals surface area (Å²) in [5.41, 5.74) is 5.87. The Morgan fingerprint density at radius 1 is 1.47 bits per heavy atom. The van der Waals surface area contributed by atoms with E-state index in [0.29, 0.717) is 23.8 Å². The summed E-state index contributed by atoms with van der Waals surface area (Å²) in [4.78, 5) is 0.221. The summed E-state index contributed by atoms with van der Waals surface area (Å²) < 4.78 is 24.1. The molecule has 4 nitrogen and oxygen atoms in total. The van der Waals surface area contributed by atoms with E-state index in [1.807, 2.05) is 13.0 Å². The minimum atomic E-state index is -3.30. The van der Waals surface area contributed by atoms with Crippen LogP contribution in [0.25, 0.3) is 0 Å². The number of thioether (sulfide) groups is 1. The van der Waals surface area contributed by atoms with Crippen molar-refractivity contribution in [2.75, 3.05) is 23.8 Å². The number of nitriles is 1. The number of hydrogen-bond acceptors (Lipinski definition) is 5. The average molecular weight is 298 g/mol. The van der Waals surface area contributed by atoms with Gasteiger partial charge in [0.2, 0.25) is 0 Å². The maximum Gasteiger partial charge on any atom is 0.179 e. The second-order valence-electron chi connectivity index (χ2n) is 4.37. The molecule has 19 heavy (non-hydrogen) atoms. The molecular formula is C13H18N2O2S2. The molecule has 0 aliphatic heterocycles. The van der Waals surface area contributed by atoms with Crippen molar-refractivity contribution in [1.29, 1.82) is 5.26 Å². The molecule has 0 bridgehead atoms. The number of hydrogen-bond donors (Lipinski definition) is 1. The van der Waals surface area contributed by atoms with Gasteiger partial charge in [0.15, 0.2) is 9.84 Å². The van der Waals surface area contributed by atoms with E-state index in [-0.39, 0.29) is 10.6 Å². The molecule has 104 valence electrons. The molecule has 1 aromatic carbocycles. The van der Waals surface area contributed by atoms with E-state index < -0.39 is 9.84 Å². The molecule has 0 fully saturated rings. The van der Waals surface area contributed by atoms with E-state index in [9.17, 15) is 8.42 Å². The highest BCUT2D eigenvalue weighted by molar-refractivity contribution is 8.00. The first-order valence-corrected chi connectivity index (χ1v) is 8.81. The van der Waals surface area contributed by atoms with Crippen molar-refractivity contribution in [2.24, 2.45) is 11.7 Å². The van der Waals surface area contributed by atoms with Gasteiger partial charge in [0.1, 0.15) is 0 Å². The first-order valence-electron chi connectivity index (χ1n) is 6.00. The molecule has 1 aromatic rings. The van der Waals surface area contributed by atoms with Crippen LogP contribution in [0.2, 0.25) is 0 Å². The molecule has 0 amide bonds. The van der Waals surface area contributed by atoms with Gasteiger partial charge in [0.05, 0.1) is 22.3 Å². The lowest BCUT2D eigenvalue weighted by atomic mass is 10.2. The molecule has 2 N–H and O–H groups in total. The highest BCUT2D eigenvalue weighted by Gasteiger charge is 2.14. The zero-order valence-corrected chi connectivity index (χ0v) is 12.5. The molecule has 0 spiro atoms. The molecule has 0 saturated carbocycles. The molecule has 0 radical (unpaired) electrons. The highest BCUT2D eigenvalue weighted by atomic mass is 32.2. The van der Waals surface area contributed by atoms with Crippen LogP contribution in [-0.4, -0.2) is 32.2 Å². The monoisotopic (exact) mass is 298 g/mol. The van der Waals surface area contributed by atoms with E-state index in [4.69, 9.17) is 11.0 Å². The van der Waals surface area contributed by atoms with Crippen molar-refractivity contribution in [3.8, 4) is 6.07 Å². The van der Waals surface area contributed by atoms with E-state index >= 15 is 0 Å². The predicted molar refractivity (Wildman–Crippen MR) is 78.8 cm³/mol. The fraction of sp³-hybridized carbons (Fsp3) is 0.462. The number of sulfone groups is 1. The smallest absolute Gasteiger partial charge is 0.179 e. The molecule has 1 unspecified atom stereocenters. The van der Waals surface area contributed by atoms with Gasteiger partial charge in [0.25, 0.3) is 0 Å². The number of rotatable bonds is 7. The Morgan fingerprint density at radius 3 is 2.84 bits per heavy atom. The summed E-state index contributed by atoms with van der Waals surface area (Å²) in [6, 6.07) is 8.08. The summed E-state index contributed by atoms with van der Waals surface area (Å²) in [6.45, 7) is 2.65. The van der Waals surface area contributed by atoms with E-state index in [1.165, 1.54) is 12.1 Å². The van der Waals surface area contributed by atoms with Crippen molar-refractivity contribution in [3.05, 3.63) is 29.8 Å². The van der Waals surface area contributed by atoms with Crippen LogP contribution in [0.3, 0.4) is 0 Å². The Kier molecular flexibility index (Phi) is 6.35. The molecular weight excluding hydrogens is 280 g/mol. The zero-order valence-electron chi connectivity index (χ0n) is 10.9. The van der Waals surface area contributed by atoms with Crippen molar-refractivity contribution < 1.29 is 8.42 Å². The van der Waals surface area contributed by atoms with E-state index in [1.54, 1.807) is 23.9 Å². The summed E-state index contributed by atoms with van der Waals surface area (Å²) in [6.07, 6.45) is 0. The Morgan fingerprint density at radius 2 is 2.21 bits per heavy atom. The minimum Gasteiger partial charge on any atom is -0.330 e. The third kappa shape index (κ3) is 5.23. The van der Waals surface area contributed by atoms with Gasteiger partial charge in [-0.1, -0.05) is 13.0 Å². The highest BCUT2D eigenvalue weighted by Crippen LogP contribution is 2.15. The standard InChI is InChI=1S/C13H18N2O2S2/c1-11(8-14)10-18-5-6-19(16,17)13-4-2-3-12(7-13)9-15/h2-4,7,11H,5-6,8,10,14H2,1H3. The molecule has 1 atom stereocenters. The predicted octanol–water partition coefficient (Wildman–Crippen LogP) is 1.66. The maximum absolute atomic E-state index is 12.1. The molecule has 6 heteroatoms. The van der Waals surface area contributed by atoms with Crippen LogP contribution in [-0.2, 0) is 9.84 Å². The van der Waals surface area contributed by atoms with Crippen LogP contribution in [0.4, 0.5) is 0 Å². The first kappa shape index (κ1) is 16.0. The average Bonchev–Trinajstić information content (AvgIpc) is 2.43. The van der Waals surface area contributed by atoms with Gasteiger partial charge in [-0.3, -0.25) is 0 Å². The van der Waals surface area contributed by atoms with Crippen molar-refractivity contribution in [1.82, 2.24) is 0 Å². The number of benzene rings is 1. The quantitative estimate of drug-likeness (QED) is 0.774. The summed E-state index contributed by atoms with van der Waals surface area (Å²) in [5, 5.41) is 8.77. The normalized spacial score (nSPS) is 12.9. The van der Waals surface area contributed by atoms with Crippen LogP contribution < -0.4 is 5.73 Å². The molecule has 0 aliphatic carbocycles. The van der Waals surface area contributed by atoms with Crippen LogP contribution in [0, 0.1) is 17.2 Å². The molecule has 0 heterocycles. The largest absolute Gasteiger partial charge is 0.330 e. The van der Waals surface area contributed by atoms with Crippen LogP contribution in [0.15, 0.2) is 29.2 Å². The van der Waals surface area contributed by atoms with Gasteiger partial charge in [0, 0.05) is 5.75 Å². The Hall–Kier alpha value is -1.03. The summed E-state index contributed by atoms with van der Waals surface area (Å²) in [7, 11) is -3.30.